The third-order valence-corrected chi connectivity index (χ3v) is 12.8. The molecule has 0 spiro atoms. The predicted octanol–water partition coefficient (Wildman–Crippen LogP) is 4.51. The van der Waals surface area contributed by atoms with E-state index in [-0.39, 0.29) is 29.2 Å². The minimum Gasteiger partial charge on any atom is -1.00 e. The van der Waals surface area contributed by atoms with Crippen LogP contribution in [0.5, 0.6) is 11.5 Å². The summed E-state index contributed by atoms with van der Waals surface area (Å²) in [7, 11) is -1.81. The van der Waals surface area contributed by atoms with Crippen molar-refractivity contribution in [3.05, 3.63) is 149 Å². The molecule has 5 aromatic carbocycles. The van der Waals surface area contributed by atoms with Crippen molar-refractivity contribution in [3.8, 4) is 22.8 Å². The number of hydrogen-bond donors (Lipinski definition) is 0. The van der Waals surface area contributed by atoms with Crippen LogP contribution in [0.1, 0.15) is 18.4 Å². The van der Waals surface area contributed by atoms with E-state index in [9.17, 15) is 4.79 Å². The van der Waals surface area contributed by atoms with Gasteiger partial charge in [0, 0.05) is 11.6 Å². The Labute approximate surface area is 268 Å². The van der Waals surface area contributed by atoms with Gasteiger partial charge in [0.25, 0.3) is 0 Å². The zero-order valence-electron chi connectivity index (χ0n) is 24.2. The highest BCUT2D eigenvalue weighted by Crippen LogP contribution is 2.56. The van der Waals surface area contributed by atoms with Crippen molar-refractivity contribution in [2.75, 3.05) is 13.0 Å². The standard InChI is InChI=1S/C38H32O4P.BrH/c39-34-26-36(42-37-33(34)23-24-35-38(37)41-27-40-35)29-21-19-28(20-22-29)12-10-11-25-43(30-13-4-1-5-14-30,31-15-6-2-7-16-31)32-17-8-3-9-18-32;/h1-9,13-24,26H,10-12,25,27H2;1H/q+1;/p-1. The van der Waals surface area contributed by atoms with Gasteiger partial charge in [0.1, 0.15) is 28.9 Å². The number of ether oxygens (including phenoxy) is 2. The Morgan fingerprint density at radius 3 is 1.82 bits per heavy atom. The van der Waals surface area contributed by atoms with Crippen LogP contribution in [0.15, 0.2) is 143 Å². The molecule has 4 nitrogen and oxygen atoms in total. The second kappa shape index (κ2) is 13.2. The molecule has 0 atom stereocenters. The number of unbranched alkanes of at least 4 members (excludes halogenated alkanes) is 1. The quantitative estimate of drug-likeness (QED) is 0.169. The summed E-state index contributed by atoms with van der Waals surface area (Å²) in [6.07, 6.45) is 4.30. The maximum atomic E-state index is 12.8. The van der Waals surface area contributed by atoms with Gasteiger partial charge < -0.3 is 30.9 Å². The highest BCUT2D eigenvalue weighted by molar-refractivity contribution is 7.95. The molecule has 0 saturated carbocycles. The molecule has 0 saturated heterocycles. The lowest BCUT2D eigenvalue weighted by Crippen LogP contribution is -3.00. The summed E-state index contributed by atoms with van der Waals surface area (Å²) < 4.78 is 17.2. The van der Waals surface area contributed by atoms with Gasteiger partial charge in [-0.3, -0.25) is 4.79 Å². The van der Waals surface area contributed by atoms with Crippen LogP contribution in [-0.4, -0.2) is 13.0 Å². The van der Waals surface area contributed by atoms with Gasteiger partial charge in [-0.15, -0.1) is 0 Å². The molecule has 0 N–H and O–H groups in total. The smallest absolute Gasteiger partial charge is 0.231 e. The Balaban J connectivity index is 0.00000343. The Morgan fingerprint density at radius 2 is 1.23 bits per heavy atom. The largest absolute Gasteiger partial charge is 1.00 e. The summed E-state index contributed by atoms with van der Waals surface area (Å²) in [5, 5.41) is 4.77. The third kappa shape index (κ3) is 5.70. The van der Waals surface area contributed by atoms with E-state index in [1.165, 1.54) is 21.5 Å². The Hall–Kier alpha value is -4.18. The summed E-state index contributed by atoms with van der Waals surface area (Å²) in [4.78, 5) is 12.8. The Bertz CT molecular complexity index is 1810. The van der Waals surface area contributed by atoms with Crippen LogP contribution in [0.3, 0.4) is 0 Å². The second-order valence-corrected chi connectivity index (χ2v) is 14.5. The molecule has 0 radical (unpaired) electrons. The van der Waals surface area contributed by atoms with Crippen molar-refractivity contribution in [1.82, 2.24) is 0 Å². The molecule has 0 aliphatic carbocycles. The van der Waals surface area contributed by atoms with Crippen LogP contribution < -0.4 is 47.8 Å². The molecule has 1 aliphatic heterocycles. The lowest BCUT2D eigenvalue weighted by atomic mass is 10.0. The van der Waals surface area contributed by atoms with E-state index >= 15 is 0 Å². The maximum absolute atomic E-state index is 12.8. The van der Waals surface area contributed by atoms with Gasteiger partial charge in [-0.2, -0.15) is 0 Å². The molecule has 0 unspecified atom stereocenters. The van der Waals surface area contributed by atoms with Crippen LogP contribution in [0, 0.1) is 0 Å². The van der Waals surface area contributed by atoms with Crippen LogP contribution in [0.2, 0.25) is 0 Å². The number of rotatable bonds is 9. The van der Waals surface area contributed by atoms with Gasteiger partial charge in [0.2, 0.25) is 12.5 Å². The monoisotopic (exact) mass is 662 g/mol. The van der Waals surface area contributed by atoms with Crippen LogP contribution in [0.25, 0.3) is 22.3 Å². The van der Waals surface area contributed by atoms with Gasteiger partial charge in [-0.1, -0.05) is 78.9 Å². The first kappa shape index (κ1) is 29.9. The molecule has 0 fully saturated rings. The highest BCUT2D eigenvalue weighted by Gasteiger charge is 2.44. The predicted molar refractivity (Wildman–Crippen MR) is 177 cm³/mol. The van der Waals surface area contributed by atoms with Gasteiger partial charge in [-0.25, -0.2) is 0 Å². The maximum Gasteiger partial charge on any atom is 0.231 e. The molecule has 7 rings (SSSR count). The van der Waals surface area contributed by atoms with Gasteiger partial charge >= 0.3 is 0 Å². The van der Waals surface area contributed by atoms with Gasteiger partial charge in [-0.05, 0) is 73.4 Å². The number of hydrogen-bond acceptors (Lipinski definition) is 4. The first-order chi connectivity index (χ1) is 21.2. The Kier molecular flexibility index (Phi) is 8.97. The van der Waals surface area contributed by atoms with Crippen LogP contribution >= 0.6 is 7.26 Å². The fourth-order valence-electron chi connectivity index (χ4n) is 6.12. The first-order valence-electron chi connectivity index (χ1n) is 14.7. The molecule has 6 heteroatoms. The van der Waals surface area contributed by atoms with Gasteiger partial charge in [0.15, 0.2) is 16.8 Å². The van der Waals surface area contributed by atoms with E-state index in [4.69, 9.17) is 13.9 Å². The number of fused-ring (bicyclic) bond motifs is 3. The summed E-state index contributed by atoms with van der Waals surface area (Å²) in [6.45, 7) is 0.127. The van der Waals surface area contributed by atoms with E-state index < -0.39 is 7.26 Å². The van der Waals surface area contributed by atoms with Crippen LogP contribution in [-0.2, 0) is 6.42 Å². The summed E-state index contributed by atoms with van der Waals surface area (Å²) in [5.74, 6) is 1.62. The lowest BCUT2D eigenvalue weighted by molar-refractivity contribution is -0.0000102. The van der Waals surface area contributed by atoms with Crippen molar-refractivity contribution >= 4 is 34.1 Å². The van der Waals surface area contributed by atoms with Crippen molar-refractivity contribution in [2.24, 2.45) is 0 Å². The molecule has 0 amide bonds. The molecule has 6 aromatic rings. The van der Waals surface area contributed by atoms with Crippen molar-refractivity contribution in [2.45, 2.75) is 19.3 Å². The lowest BCUT2D eigenvalue weighted by Gasteiger charge is -2.27. The molecule has 0 bridgehead atoms. The molecular formula is C38H32BrO4P. The average molecular weight is 664 g/mol. The Morgan fingerprint density at radius 1 is 0.636 bits per heavy atom. The number of benzene rings is 5. The topological polar surface area (TPSA) is 48.7 Å². The molecule has 2 heterocycles. The van der Waals surface area contributed by atoms with E-state index in [0.29, 0.717) is 28.2 Å². The van der Waals surface area contributed by atoms with Crippen molar-refractivity contribution < 1.29 is 30.9 Å². The van der Waals surface area contributed by atoms with Crippen molar-refractivity contribution in [3.63, 3.8) is 0 Å². The summed E-state index contributed by atoms with van der Waals surface area (Å²) >= 11 is 0. The normalized spacial score (nSPS) is 12.2. The average Bonchev–Trinajstić information content (AvgIpc) is 3.56. The number of aryl methyl sites for hydroxylation is 1. The molecular weight excluding hydrogens is 631 g/mol. The van der Waals surface area contributed by atoms with E-state index in [2.05, 4.69) is 103 Å². The summed E-state index contributed by atoms with van der Waals surface area (Å²) in [5.41, 5.74) is 2.47. The van der Waals surface area contributed by atoms with E-state index in [0.717, 1.165) is 31.0 Å². The minimum absolute atomic E-state index is 0. The fraction of sp³-hybridized carbons (Fsp3) is 0.132. The second-order valence-electron chi connectivity index (χ2n) is 10.8. The minimum atomic E-state index is -1.81. The van der Waals surface area contributed by atoms with Gasteiger partial charge in [0.05, 0.1) is 11.5 Å². The van der Waals surface area contributed by atoms with Crippen molar-refractivity contribution in [1.29, 1.82) is 0 Å². The zero-order valence-corrected chi connectivity index (χ0v) is 26.7. The highest BCUT2D eigenvalue weighted by atomic mass is 79.9. The SMILES string of the molecule is O=c1cc(-c2ccc(CCCC[P+](c3ccccc3)(c3ccccc3)c3ccccc3)cc2)oc2c3c(ccc12)OCO3.[Br-]. The first-order valence-corrected chi connectivity index (χ1v) is 16.7. The molecule has 220 valence electrons. The molecule has 1 aromatic heterocycles. The number of halogens is 1. The molecule has 44 heavy (non-hydrogen) atoms. The molecule has 1 aliphatic rings. The zero-order chi connectivity index (χ0) is 29.1. The van der Waals surface area contributed by atoms with Crippen LogP contribution in [0.4, 0.5) is 0 Å². The summed E-state index contributed by atoms with van der Waals surface area (Å²) in [6, 6.07) is 46.6. The third-order valence-electron chi connectivity index (χ3n) is 8.27. The fourth-order valence-corrected chi connectivity index (χ4v) is 10.5. The van der Waals surface area contributed by atoms with E-state index in [1.807, 2.05) is 12.1 Å². The van der Waals surface area contributed by atoms with E-state index in [1.54, 1.807) is 18.2 Å².